The maximum atomic E-state index is 12.2. The van der Waals surface area contributed by atoms with Crippen molar-refractivity contribution in [2.24, 2.45) is 0 Å². The Morgan fingerprint density at radius 2 is 2.08 bits per heavy atom. The van der Waals surface area contributed by atoms with Crippen LogP contribution in [0.3, 0.4) is 0 Å². The molecule has 0 saturated carbocycles. The van der Waals surface area contributed by atoms with Crippen molar-refractivity contribution in [3.05, 3.63) is 53.6 Å². The van der Waals surface area contributed by atoms with E-state index in [1.165, 1.54) is 0 Å². The number of carbonyl (C=O) groups is 1. The molecule has 2 aromatic rings. The number of nitrogens with one attached hydrogen (secondary N) is 2. The summed E-state index contributed by atoms with van der Waals surface area (Å²) in [6.07, 6.45) is 0. The molecule has 1 amide bonds. The monoisotopic (exact) mass is 323 g/mol. The summed E-state index contributed by atoms with van der Waals surface area (Å²) >= 11 is 0. The lowest BCUT2D eigenvalue weighted by molar-refractivity contribution is -0.117. The van der Waals surface area contributed by atoms with E-state index in [1.54, 1.807) is 31.2 Å². The highest BCUT2D eigenvalue weighted by molar-refractivity contribution is 5.94. The molecule has 0 unspecified atom stereocenters. The maximum absolute atomic E-state index is 12.2. The molecule has 1 aliphatic rings. The predicted molar refractivity (Wildman–Crippen MR) is 88.7 cm³/mol. The van der Waals surface area contributed by atoms with Crippen LogP contribution < -0.4 is 20.1 Å². The Morgan fingerprint density at radius 1 is 1.25 bits per heavy atom. The first kappa shape index (κ1) is 15.8. The van der Waals surface area contributed by atoms with E-state index in [4.69, 9.17) is 14.7 Å². The average molecular weight is 323 g/mol. The van der Waals surface area contributed by atoms with E-state index in [2.05, 4.69) is 10.6 Å². The zero-order valence-electron chi connectivity index (χ0n) is 13.2. The SMILES string of the molecule is C[C@H](NCc1ccc2c(c1)OCO2)C(=O)Nc1cccc(C#N)c1. The van der Waals surface area contributed by atoms with E-state index in [0.29, 0.717) is 17.8 Å². The molecular weight excluding hydrogens is 306 g/mol. The molecule has 3 rings (SSSR count). The van der Waals surface area contributed by atoms with Crippen LogP contribution in [0.25, 0.3) is 0 Å². The number of amides is 1. The minimum atomic E-state index is -0.388. The Hall–Kier alpha value is -3.04. The molecule has 6 heteroatoms. The van der Waals surface area contributed by atoms with E-state index in [9.17, 15) is 4.79 Å². The van der Waals surface area contributed by atoms with Crippen LogP contribution in [0.15, 0.2) is 42.5 Å². The third-order valence-electron chi connectivity index (χ3n) is 3.70. The average Bonchev–Trinajstić information content (AvgIpc) is 3.07. The summed E-state index contributed by atoms with van der Waals surface area (Å²) in [5, 5.41) is 14.9. The first-order chi connectivity index (χ1) is 11.7. The number of fused-ring (bicyclic) bond motifs is 1. The van der Waals surface area contributed by atoms with Gasteiger partial charge in [0.05, 0.1) is 17.7 Å². The second-order valence-electron chi connectivity index (χ2n) is 5.47. The highest BCUT2D eigenvalue weighted by Gasteiger charge is 2.15. The number of hydrogen-bond donors (Lipinski definition) is 2. The van der Waals surface area contributed by atoms with E-state index in [-0.39, 0.29) is 18.7 Å². The van der Waals surface area contributed by atoms with Crippen LogP contribution in [0.1, 0.15) is 18.1 Å². The molecular formula is C18H17N3O3. The number of nitrogens with zero attached hydrogens (tertiary/aromatic N) is 1. The van der Waals surface area contributed by atoms with E-state index in [1.807, 2.05) is 24.3 Å². The molecule has 0 bridgehead atoms. The van der Waals surface area contributed by atoms with Gasteiger partial charge in [0.15, 0.2) is 11.5 Å². The zero-order valence-corrected chi connectivity index (χ0v) is 13.2. The molecule has 24 heavy (non-hydrogen) atoms. The number of hydrogen-bond acceptors (Lipinski definition) is 5. The molecule has 1 atom stereocenters. The fourth-order valence-corrected chi connectivity index (χ4v) is 2.33. The fourth-order valence-electron chi connectivity index (χ4n) is 2.33. The standard InChI is InChI=1S/C18H17N3O3/c1-12(18(22)21-15-4-2-3-13(7-15)9-19)20-10-14-5-6-16-17(8-14)24-11-23-16/h2-8,12,20H,10-11H2,1H3,(H,21,22)/t12-/m0/s1. The topological polar surface area (TPSA) is 83.4 Å². The Kier molecular flexibility index (Phi) is 4.64. The van der Waals surface area contributed by atoms with Crippen LogP contribution in [0.4, 0.5) is 5.69 Å². The van der Waals surface area contributed by atoms with Gasteiger partial charge >= 0.3 is 0 Å². The molecule has 1 heterocycles. The molecule has 2 aromatic carbocycles. The van der Waals surface area contributed by atoms with Crippen molar-refractivity contribution in [2.45, 2.75) is 19.5 Å². The van der Waals surface area contributed by atoms with E-state index in [0.717, 1.165) is 17.1 Å². The molecule has 0 saturated heterocycles. The summed E-state index contributed by atoms with van der Waals surface area (Å²) in [7, 11) is 0. The summed E-state index contributed by atoms with van der Waals surface area (Å²) in [5.41, 5.74) is 2.12. The minimum absolute atomic E-state index is 0.161. The summed E-state index contributed by atoms with van der Waals surface area (Å²) < 4.78 is 10.6. The van der Waals surface area contributed by atoms with Crippen molar-refractivity contribution < 1.29 is 14.3 Å². The maximum Gasteiger partial charge on any atom is 0.241 e. The van der Waals surface area contributed by atoms with E-state index < -0.39 is 0 Å². The van der Waals surface area contributed by atoms with Crippen molar-refractivity contribution in [3.63, 3.8) is 0 Å². The molecule has 0 aromatic heterocycles. The molecule has 0 aliphatic carbocycles. The van der Waals surface area contributed by atoms with Gasteiger partial charge < -0.3 is 20.1 Å². The number of anilines is 1. The number of rotatable bonds is 5. The van der Waals surface area contributed by atoms with Crippen LogP contribution in [0.5, 0.6) is 11.5 Å². The summed E-state index contributed by atoms with van der Waals surface area (Å²) in [6, 6.07) is 14.2. The summed E-state index contributed by atoms with van der Waals surface area (Å²) in [6.45, 7) is 2.56. The smallest absolute Gasteiger partial charge is 0.241 e. The predicted octanol–water partition coefficient (Wildman–Crippen LogP) is 2.40. The second-order valence-corrected chi connectivity index (χ2v) is 5.47. The van der Waals surface area contributed by atoms with Gasteiger partial charge in [-0.15, -0.1) is 0 Å². The van der Waals surface area contributed by atoms with Crippen LogP contribution in [0.2, 0.25) is 0 Å². The van der Waals surface area contributed by atoms with Gasteiger partial charge in [-0.25, -0.2) is 0 Å². The third kappa shape index (κ3) is 3.65. The lowest BCUT2D eigenvalue weighted by Crippen LogP contribution is -2.37. The van der Waals surface area contributed by atoms with Crippen molar-refractivity contribution >= 4 is 11.6 Å². The van der Waals surface area contributed by atoms with Crippen LogP contribution in [-0.4, -0.2) is 18.7 Å². The number of ether oxygens (including phenoxy) is 2. The summed E-state index contributed by atoms with van der Waals surface area (Å²) in [5.74, 6) is 1.30. The van der Waals surface area contributed by atoms with Crippen molar-refractivity contribution in [1.29, 1.82) is 5.26 Å². The molecule has 6 nitrogen and oxygen atoms in total. The van der Waals surface area contributed by atoms with Gasteiger partial charge in [-0.1, -0.05) is 12.1 Å². The fraction of sp³-hybridized carbons (Fsp3) is 0.222. The van der Waals surface area contributed by atoms with Gasteiger partial charge in [0, 0.05) is 12.2 Å². The van der Waals surface area contributed by atoms with Crippen LogP contribution >= 0.6 is 0 Å². The quantitative estimate of drug-likeness (QED) is 0.883. The first-order valence-electron chi connectivity index (χ1n) is 7.58. The molecule has 0 spiro atoms. The van der Waals surface area contributed by atoms with Gasteiger partial charge in [0.1, 0.15) is 0 Å². The zero-order chi connectivity index (χ0) is 16.9. The normalized spacial score (nSPS) is 13.2. The van der Waals surface area contributed by atoms with Gasteiger partial charge in [0.2, 0.25) is 12.7 Å². The largest absolute Gasteiger partial charge is 0.454 e. The minimum Gasteiger partial charge on any atom is -0.454 e. The number of nitriles is 1. The molecule has 1 aliphatic heterocycles. The number of carbonyl (C=O) groups excluding carboxylic acids is 1. The lowest BCUT2D eigenvalue weighted by atomic mass is 10.2. The van der Waals surface area contributed by atoms with Gasteiger partial charge in [-0.2, -0.15) is 5.26 Å². The number of benzene rings is 2. The van der Waals surface area contributed by atoms with Gasteiger partial charge in [-0.3, -0.25) is 4.79 Å². The Labute approximate surface area is 140 Å². The van der Waals surface area contributed by atoms with Gasteiger partial charge in [-0.05, 0) is 42.8 Å². The molecule has 0 fully saturated rings. The van der Waals surface area contributed by atoms with Crippen LogP contribution in [0, 0.1) is 11.3 Å². The first-order valence-corrected chi connectivity index (χ1v) is 7.58. The highest BCUT2D eigenvalue weighted by atomic mass is 16.7. The van der Waals surface area contributed by atoms with Crippen molar-refractivity contribution in [1.82, 2.24) is 5.32 Å². The third-order valence-corrected chi connectivity index (χ3v) is 3.70. The Bertz CT molecular complexity index is 798. The highest BCUT2D eigenvalue weighted by Crippen LogP contribution is 2.32. The van der Waals surface area contributed by atoms with Crippen molar-refractivity contribution in [2.75, 3.05) is 12.1 Å². The second kappa shape index (κ2) is 7.02. The van der Waals surface area contributed by atoms with Crippen LogP contribution in [-0.2, 0) is 11.3 Å². The molecule has 122 valence electrons. The lowest BCUT2D eigenvalue weighted by Gasteiger charge is -2.14. The molecule has 0 radical (unpaired) electrons. The summed E-state index contributed by atoms with van der Waals surface area (Å²) in [4.78, 5) is 12.2. The van der Waals surface area contributed by atoms with Gasteiger partial charge in [0.25, 0.3) is 0 Å². The Balaban J connectivity index is 1.55. The van der Waals surface area contributed by atoms with E-state index >= 15 is 0 Å². The van der Waals surface area contributed by atoms with Crippen molar-refractivity contribution in [3.8, 4) is 17.6 Å². The molecule has 2 N–H and O–H groups in total. The Morgan fingerprint density at radius 3 is 2.92 bits per heavy atom.